The number of pyridine rings is 2. The Morgan fingerprint density at radius 1 is 0.969 bits per heavy atom. The van der Waals surface area contributed by atoms with Crippen LogP contribution in [0.1, 0.15) is 73.0 Å². The lowest BCUT2D eigenvalue weighted by atomic mass is 9.99. The molecule has 1 atom stereocenters. The largest absolute Gasteiger partial charge is 0.329 e. The van der Waals surface area contributed by atoms with Crippen LogP contribution in [0.3, 0.4) is 0 Å². The highest BCUT2D eigenvalue weighted by Gasteiger charge is 2.28. The van der Waals surface area contributed by atoms with Crippen LogP contribution in [0, 0.1) is 0 Å². The summed E-state index contributed by atoms with van der Waals surface area (Å²) in [5, 5.41) is 5.30. The van der Waals surface area contributed by atoms with Gasteiger partial charge in [0.25, 0.3) is 5.91 Å². The molecule has 0 aliphatic rings. The van der Waals surface area contributed by atoms with E-state index in [0.717, 1.165) is 28.0 Å². The summed E-state index contributed by atoms with van der Waals surface area (Å²) >= 11 is 0. The van der Waals surface area contributed by atoms with Gasteiger partial charge in [0.2, 0.25) is 0 Å². The summed E-state index contributed by atoms with van der Waals surface area (Å²) in [5.74, 6) is 0.106. The van der Waals surface area contributed by atoms with Gasteiger partial charge in [-0.05, 0) is 43.5 Å². The Hall–Kier alpha value is -3.54. The minimum absolute atomic E-state index is 0.0814. The van der Waals surface area contributed by atoms with E-state index in [-0.39, 0.29) is 23.9 Å². The summed E-state index contributed by atoms with van der Waals surface area (Å²) in [6.07, 6.45) is 3.52. The van der Waals surface area contributed by atoms with Gasteiger partial charge in [-0.25, -0.2) is 9.67 Å². The molecule has 0 saturated heterocycles. The predicted octanol–water partition coefficient (Wildman–Crippen LogP) is 5.39. The molecule has 164 valence electrons. The van der Waals surface area contributed by atoms with Crippen LogP contribution in [0.4, 0.5) is 0 Å². The zero-order valence-electron chi connectivity index (χ0n) is 19.2. The average Bonchev–Trinajstić information content (AvgIpc) is 3.24. The fourth-order valence-electron chi connectivity index (χ4n) is 3.96. The molecule has 6 nitrogen and oxygen atoms in total. The first-order valence-corrected chi connectivity index (χ1v) is 11.0. The number of aromatic nitrogens is 4. The van der Waals surface area contributed by atoms with Gasteiger partial charge in [0.15, 0.2) is 5.65 Å². The third-order valence-electron chi connectivity index (χ3n) is 5.69. The van der Waals surface area contributed by atoms with E-state index in [1.807, 2.05) is 66.3 Å². The van der Waals surface area contributed by atoms with Crippen LogP contribution in [0.5, 0.6) is 0 Å². The number of hydrogen-bond acceptors (Lipinski definition) is 4. The van der Waals surface area contributed by atoms with E-state index in [4.69, 9.17) is 4.98 Å². The van der Waals surface area contributed by atoms with Gasteiger partial charge in [-0.1, -0.05) is 50.2 Å². The van der Waals surface area contributed by atoms with Gasteiger partial charge >= 0.3 is 0 Å². The molecule has 6 heteroatoms. The van der Waals surface area contributed by atoms with Crippen molar-refractivity contribution < 1.29 is 4.79 Å². The number of carbonyl (C=O) groups excluding carboxylic acids is 1. The SMILES string of the molecule is CC(C)c1cc(C(=O)N(C)C(c2ccccc2)c2ccccn2)c2cnn(C(C)C)c2n1. The molecule has 0 aliphatic heterocycles. The Bertz CT molecular complexity index is 1180. The smallest absolute Gasteiger partial charge is 0.255 e. The number of amides is 1. The highest BCUT2D eigenvalue weighted by Crippen LogP contribution is 2.30. The Morgan fingerprint density at radius 3 is 2.31 bits per heavy atom. The van der Waals surface area contributed by atoms with Gasteiger partial charge in [-0.15, -0.1) is 0 Å². The normalized spacial score (nSPS) is 12.5. The van der Waals surface area contributed by atoms with Gasteiger partial charge < -0.3 is 4.90 Å². The summed E-state index contributed by atoms with van der Waals surface area (Å²) in [6, 6.07) is 17.5. The van der Waals surface area contributed by atoms with Gasteiger partial charge in [-0.2, -0.15) is 5.10 Å². The molecule has 32 heavy (non-hydrogen) atoms. The lowest BCUT2D eigenvalue weighted by Crippen LogP contribution is -2.32. The molecule has 1 amide bonds. The summed E-state index contributed by atoms with van der Waals surface area (Å²) in [5.41, 5.74) is 4.07. The van der Waals surface area contributed by atoms with Crippen LogP contribution >= 0.6 is 0 Å². The van der Waals surface area contributed by atoms with Crippen molar-refractivity contribution in [3.63, 3.8) is 0 Å². The quantitative estimate of drug-likeness (QED) is 0.414. The molecule has 0 bridgehead atoms. The number of fused-ring (bicyclic) bond motifs is 1. The Morgan fingerprint density at radius 2 is 1.69 bits per heavy atom. The van der Waals surface area contributed by atoms with E-state index >= 15 is 0 Å². The molecule has 0 fully saturated rings. The Kier molecular flexibility index (Phi) is 6.04. The maximum Gasteiger partial charge on any atom is 0.255 e. The van der Waals surface area contributed by atoms with E-state index in [2.05, 4.69) is 37.8 Å². The molecule has 1 aromatic carbocycles. The van der Waals surface area contributed by atoms with Crippen LogP contribution in [0.15, 0.2) is 67.0 Å². The first-order chi connectivity index (χ1) is 15.4. The van der Waals surface area contributed by atoms with Gasteiger partial charge in [0, 0.05) is 25.0 Å². The molecule has 1 unspecified atom stereocenters. The standard InChI is InChI=1S/C26H29N5O/c1-17(2)23-15-20(21-16-28-31(18(3)4)25(21)29-23)26(32)30(5)24(19-11-7-6-8-12-19)22-13-9-10-14-27-22/h6-18,24H,1-5H3. The zero-order chi connectivity index (χ0) is 22.8. The Balaban J connectivity index is 1.85. The molecule has 0 N–H and O–H groups in total. The maximum atomic E-state index is 13.9. The van der Waals surface area contributed by atoms with E-state index in [0.29, 0.717) is 5.56 Å². The van der Waals surface area contributed by atoms with Crippen molar-refractivity contribution in [2.24, 2.45) is 0 Å². The highest BCUT2D eigenvalue weighted by molar-refractivity contribution is 6.05. The summed E-state index contributed by atoms with van der Waals surface area (Å²) in [7, 11) is 1.84. The number of rotatable bonds is 6. The van der Waals surface area contributed by atoms with E-state index < -0.39 is 0 Å². The topological polar surface area (TPSA) is 63.9 Å². The second-order valence-electron chi connectivity index (χ2n) is 8.65. The predicted molar refractivity (Wildman–Crippen MR) is 127 cm³/mol. The summed E-state index contributed by atoms with van der Waals surface area (Å²) < 4.78 is 1.88. The Labute approximate surface area is 188 Å². The van der Waals surface area contributed by atoms with E-state index in [1.54, 1.807) is 17.3 Å². The molecular weight excluding hydrogens is 398 g/mol. The first kappa shape index (κ1) is 21.7. The molecule has 3 aromatic heterocycles. The number of carbonyl (C=O) groups is 1. The van der Waals surface area contributed by atoms with Gasteiger partial charge in [-0.3, -0.25) is 9.78 Å². The fraction of sp³-hybridized carbons (Fsp3) is 0.308. The molecule has 0 aliphatic carbocycles. The third-order valence-corrected chi connectivity index (χ3v) is 5.69. The van der Waals surface area contributed by atoms with E-state index in [1.165, 1.54) is 0 Å². The van der Waals surface area contributed by atoms with Crippen molar-refractivity contribution in [1.29, 1.82) is 0 Å². The van der Waals surface area contributed by atoms with Crippen LogP contribution < -0.4 is 0 Å². The zero-order valence-corrected chi connectivity index (χ0v) is 19.2. The van der Waals surface area contributed by atoms with Crippen molar-refractivity contribution in [2.75, 3.05) is 7.05 Å². The van der Waals surface area contributed by atoms with Gasteiger partial charge in [0.1, 0.15) is 0 Å². The molecule has 3 heterocycles. The van der Waals surface area contributed by atoms with Crippen molar-refractivity contribution in [1.82, 2.24) is 24.6 Å². The summed E-state index contributed by atoms with van der Waals surface area (Å²) in [4.78, 5) is 25.1. The van der Waals surface area contributed by atoms with Crippen LogP contribution in [0.2, 0.25) is 0 Å². The average molecular weight is 428 g/mol. The maximum absolute atomic E-state index is 13.9. The summed E-state index contributed by atoms with van der Waals surface area (Å²) in [6.45, 7) is 8.30. The first-order valence-electron chi connectivity index (χ1n) is 11.0. The molecule has 0 saturated carbocycles. The molecule has 0 spiro atoms. The minimum atomic E-state index is -0.309. The number of benzene rings is 1. The molecule has 0 radical (unpaired) electrons. The minimum Gasteiger partial charge on any atom is -0.329 e. The fourth-order valence-corrected chi connectivity index (χ4v) is 3.96. The molecular formula is C26H29N5O. The second-order valence-corrected chi connectivity index (χ2v) is 8.65. The van der Waals surface area contributed by atoms with E-state index in [9.17, 15) is 4.79 Å². The molecule has 4 aromatic rings. The van der Waals surface area contributed by atoms with Gasteiger partial charge in [0.05, 0.1) is 28.9 Å². The van der Waals surface area contributed by atoms with Crippen molar-refractivity contribution in [3.05, 3.63) is 89.5 Å². The second kappa shape index (κ2) is 8.91. The monoisotopic (exact) mass is 427 g/mol. The van der Waals surface area contributed by atoms with Crippen LogP contribution in [-0.4, -0.2) is 37.6 Å². The lowest BCUT2D eigenvalue weighted by Gasteiger charge is -2.29. The highest BCUT2D eigenvalue weighted by atomic mass is 16.2. The third kappa shape index (κ3) is 4.00. The van der Waals surface area contributed by atoms with Crippen LogP contribution in [-0.2, 0) is 0 Å². The van der Waals surface area contributed by atoms with Crippen molar-refractivity contribution >= 4 is 16.9 Å². The lowest BCUT2D eigenvalue weighted by molar-refractivity contribution is 0.0754. The number of nitrogens with zero attached hydrogens (tertiary/aromatic N) is 5. The number of hydrogen-bond donors (Lipinski definition) is 0. The van der Waals surface area contributed by atoms with Crippen LogP contribution in [0.25, 0.3) is 11.0 Å². The van der Waals surface area contributed by atoms with Crippen molar-refractivity contribution in [3.8, 4) is 0 Å². The van der Waals surface area contributed by atoms with Crippen molar-refractivity contribution in [2.45, 2.75) is 45.7 Å². The molecule has 4 rings (SSSR count).